The van der Waals surface area contributed by atoms with Crippen LogP contribution in [0.2, 0.25) is 0 Å². The number of methoxy groups -OCH3 is 1. The smallest absolute Gasteiger partial charge is 0.162 e. The lowest BCUT2D eigenvalue weighted by atomic mass is 9.89. The first-order valence-electron chi connectivity index (χ1n) is 11.0. The van der Waals surface area contributed by atoms with E-state index < -0.39 is 0 Å². The van der Waals surface area contributed by atoms with Gasteiger partial charge in [0.25, 0.3) is 0 Å². The van der Waals surface area contributed by atoms with E-state index in [0.717, 1.165) is 35.8 Å². The van der Waals surface area contributed by atoms with Gasteiger partial charge in [-0.1, -0.05) is 56.3 Å². The number of nitrogens with one attached hydrogen (secondary N) is 1. The van der Waals surface area contributed by atoms with Crippen LogP contribution in [0.3, 0.4) is 0 Å². The van der Waals surface area contributed by atoms with Gasteiger partial charge in [-0.25, -0.2) is 0 Å². The molecule has 31 heavy (non-hydrogen) atoms. The highest BCUT2D eigenvalue weighted by atomic mass is 16.5. The van der Waals surface area contributed by atoms with Crippen LogP contribution in [0.5, 0.6) is 17.2 Å². The molecule has 0 amide bonds. The molecule has 0 aliphatic carbocycles. The van der Waals surface area contributed by atoms with Crippen LogP contribution in [0.1, 0.15) is 42.1 Å². The minimum absolute atomic E-state index is 0.0938. The van der Waals surface area contributed by atoms with E-state index in [9.17, 15) is 0 Å². The number of hydrogen-bond acceptors (Lipinski definition) is 4. The van der Waals surface area contributed by atoms with E-state index in [0.29, 0.717) is 19.1 Å². The Labute approximate surface area is 185 Å². The Kier molecular flexibility index (Phi) is 6.78. The summed E-state index contributed by atoms with van der Waals surface area (Å²) < 4.78 is 17.8. The summed E-state index contributed by atoms with van der Waals surface area (Å²) in [4.78, 5) is 0. The maximum absolute atomic E-state index is 6.18. The van der Waals surface area contributed by atoms with Crippen molar-refractivity contribution in [1.29, 1.82) is 0 Å². The molecule has 1 heterocycles. The highest BCUT2D eigenvalue weighted by Crippen LogP contribution is 2.38. The second-order valence-corrected chi connectivity index (χ2v) is 8.39. The van der Waals surface area contributed by atoms with E-state index in [1.807, 2.05) is 24.3 Å². The molecule has 0 aromatic heterocycles. The van der Waals surface area contributed by atoms with Crippen LogP contribution in [0.25, 0.3) is 0 Å². The summed E-state index contributed by atoms with van der Waals surface area (Å²) in [5, 5.41) is 3.67. The molecule has 3 aromatic carbocycles. The fourth-order valence-electron chi connectivity index (χ4n) is 3.92. The molecular formula is C27H31NO3. The molecule has 1 unspecified atom stereocenters. The number of ether oxygens (including phenoxy) is 3. The maximum Gasteiger partial charge on any atom is 0.162 e. The molecule has 1 aliphatic heterocycles. The summed E-state index contributed by atoms with van der Waals surface area (Å²) in [5.41, 5.74) is 4.85. The summed E-state index contributed by atoms with van der Waals surface area (Å²) >= 11 is 0. The quantitative estimate of drug-likeness (QED) is 0.522. The second-order valence-electron chi connectivity index (χ2n) is 8.39. The molecule has 0 spiro atoms. The van der Waals surface area contributed by atoms with Crippen molar-refractivity contribution in [2.45, 2.75) is 32.9 Å². The van der Waals surface area contributed by atoms with Gasteiger partial charge < -0.3 is 19.5 Å². The van der Waals surface area contributed by atoms with Gasteiger partial charge in [-0.3, -0.25) is 0 Å². The normalized spacial score (nSPS) is 15.4. The first kappa shape index (κ1) is 21.3. The van der Waals surface area contributed by atoms with Crippen LogP contribution in [0.15, 0.2) is 66.7 Å². The molecule has 0 saturated heterocycles. The van der Waals surface area contributed by atoms with Gasteiger partial charge in [-0.15, -0.1) is 0 Å². The zero-order valence-corrected chi connectivity index (χ0v) is 18.6. The van der Waals surface area contributed by atoms with Gasteiger partial charge in [-0.05, 0) is 58.9 Å². The largest absolute Gasteiger partial charge is 0.493 e. The van der Waals surface area contributed by atoms with Gasteiger partial charge in [0, 0.05) is 6.54 Å². The summed E-state index contributed by atoms with van der Waals surface area (Å²) in [6.45, 7) is 6.46. The van der Waals surface area contributed by atoms with E-state index in [1.54, 1.807) is 7.11 Å². The predicted octanol–water partition coefficient (Wildman–Crippen LogP) is 5.54. The lowest BCUT2D eigenvalue weighted by Crippen LogP contribution is -2.30. The molecule has 4 rings (SSSR count). The zero-order chi connectivity index (χ0) is 21.6. The van der Waals surface area contributed by atoms with E-state index in [4.69, 9.17) is 14.2 Å². The molecule has 3 aromatic rings. The summed E-state index contributed by atoms with van der Waals surface area (Å²) in [5.74, 6) is 2.96. The van der Waals surface area contributed by atoms with Gasteiger partial charge in [0.2, 0.25) is 0 Å². The average molecular weight is 418 g/mol. The third-order valence-corrected chi connectivity index (χ3v) is 5.49. The zero-order valence-electron chi connectivity index (χ0n) is 18.6. The summed E-state index contributed by atoms with van der Waals surface area (Å²) in [6.07, 6.45) is 0.963. The van der Waals surface area contributed by atoms with E-state index in [2.05, 4.69) is 61.6 Å². The minimum Gasteiger partial charge on any atom is -0.493 e. The van der Waals surface area contributed by atoms with Crippen molar-refractivity contribution in [3.05, 3.63) is 89.0 Å². The van der Waals surface area contributed by atoms with Crippen molar-refractivity contribution in [2.75, 3.05) is 20.3 Å². The first-order chi connectivity index (χ1) is 15.1. The van der Waals surface area contributed by atoms with Crippen molar-refractivity contribution in [2.24, 2.45) is 5.92 Å². The Morgan fingerprint density at radius 3 is 2.55 bits per heavy atom. The monoisotopic (exact) mass is 417 g/mol. The van der Waals surface area contributed by atoms with Crippen molar-refractivity contribution >= 4 is 0 Å². The van der Waals surface area contributed by atoms with Gasteiger partial charge in [0.1, 0.15) is 12.4 Å². The molecule has 0 saturated carbocycles. The van der Waals surface area contributed by atoms with Crippen LogP contribution >= 0.6 is 0 Å². The van der Waals surface area contributed by atoms with Crippen molar-refractivity contribution in [1.82, 2.24) is 5.32 Å². The lowest BCUT2D eigenvalue weighted by Gasteiger charge is -2.29. The van der Waals surface area contributed by atoms with E-state index in [-0.39, 0.29) is 6.04 Å². The fraction of sp³-hybridized carbons (Fsp3) is 0.333. The van der Waals surface area contributed by atoms with Gasteiger partial charge in [-0.2, -0.15) is 0 Å². The first-order valence-corrected chi connectivity index (χ1v) is 11.0. The minimum atomic E-state index is 0.0938. The van der Waals surface area contributed by atoms with Crippen LogP contribution in [-0.4, -0.2) is 20.3 Å². The Hall–Kier alpha value is -2.98. The molecule has 1 N–H and O–H groups in total. The highest BCUT2D eigenvalue weighted by Gasteiger charge is 2.24. The topological polar surface area (TPSA) is 39.7 Å². The van der Waals surface area contributed by atoms with Gasteiger partial charge >= 0.3 is 0 Å². The third kappa shape index (κ3) is 5.20. The van der Waals surface area contributed by atoms with Gasteiger partial charge in [0.15, 0.2) is 11.5 Å². The van der Waals surface area contributed by atoms with Crippen LogP contribution < -0.4 is 19.5 Å². The summed E-state index contributed by atoms with van der Waals surface area (Å²) in [6, 6.07) is 22.9. The van der Waals surface area contributed by atoms with Crippen molar-refractivity contribution < 1.29 is 14.2 Å². The molecule has 0 radical (unpaired) electrons. The number of benzene rings is 3. The highest BCUT2D eigenvalue weighted by molar-refractivity contribution is 5.52. The fourth-order valence-corrected chi connectivity index (χ4v) is 3.92. The Bertz CT molecular complexity index is 1000. The van der Waals surface area contributed by atoms with E-state index >= 15 is 0 Å². The second kappa shape index (κ2) is 9.88. The van der Waals surface area contributed by atoms with Crippen LogP contribution in [0, 0.1) is 5.92 Å². The molecule has 0 fully saturated rings. The number of rotatable bonds is 8. The number of hydrogen-bond donors (Lipinski definition) is 1. The van der Waals surface area contributed by atoms with Gasteiger partial charge in [0.05, 0.1) is 19.8 Å². The van der Waals surface area contributed by atoms with Crippen LogP contribution in [-0.2, 0) is 13.0 Å². The average Bonchev–Trinajstić information content (AvgIpc) is 2.81. The Morgan fingerprint density at radius 2 is 1.77 bits per heavy atom. The van der Waals surface area contributed by atoms with Crippen LogP contribution in [0.4, 0.5) is 0 Å². The molecule has 4 heteroatoms. The lowest BCUT2D eigenvalue weighted by molar-refractivity contribution is 0.270. The molecule has 4 nitrogen and oxygen atoms in total. The Morgan fingerprint density at radius 1 is 0.935 bits per heavy atom. The third-order valence-electron chi connectivity index (χ3n) is 5.49. The number of fused-ring (bicyclic) bond motifs is 1. The van der Waals surface area contributed by atoms with Crippen molar-refractivity contribution in [3.8, 4) is 17.2 Å². The maximum atomic E-state index is 6.18. The SMILES string of the molecule is COc1cc2c(cc1OCc1ccccc1)C(c1cccc(OCC(C)C)c1)NCC2. The molecule has 1 atom stereocenters. The Balaban J connectivity index is 1.62. The summed E-state index contributed by atoms with van der Waals surface area (Å²) in [7, 11) is 1.70. The standard InChI is InChI=1S/C27H31NO3/c1-19(2)17-30-23-11-7-10-22(14-23)27-24-16-26(31-18-20-8-5-4-6-9-20)25(29-3)15-21(24)12-13-28-27/h4-11,14-16,19,27-28H,12-13,17-18H2,1-3H3. The molecular weight excluding hydrogens is 386 g/mol. The van der Waals surface area contributed by atoms with Crippen molar-refractivity contribution in [3.63, 3.8) is 0 Å². The predicted molar refractivity (Wildman–Crippen MR) is 124 cm³/mol. The molecule has 0 bridgehead atoms. The molecule has 1 aliphatic rings. The van der Waals surface area contributed by atoms with E-state index in [1.165, 1.54) is 16.7 Å². The molecule has 162 valence electrons.